The van der Waals surface area contributed by atoms with Gasteiger partial charge in [-0.05, 0) is 59.7 Å². The van der Waals surface area contributed by atoms with E-state index in [4.69, 9.17) is 16.3 Å². The van der Waals surface area contributed by atoms with Crippen LogP contribution in [0, 0.1) is 23.3 Å². The van der Waals surface area contributed by atoms with Crippen molar-refractivity contribution in [2.75, 3.05) is 20.2 Å². The van der Waals surface area contributed by atoms with E-state index >= 15 is 0 Å². The molecule has 2 N–H and O–H groups in total. The number of methoxy groups -OCH3 is 1. The molecule has 7 nitrogen and oxygen atoms in total. The molecule has 12 heteroatoms. The third-order valence-corrected chi connectivity index (χ3v) is 8.65. The van der Waals surface area contributed by atoms with Crippen LogP contribution in [-0.4, -0.2) is 41.1 Å². The number of ether oxygens (including phenoxy) is 1. The Morgan fingerprint density at radius 1 is 0.660 bits per heavy atom. The van der Waals surface area contributed by atoms with Crippen LogP contribution in [0.2, 0.25) is 5.02 Å². The zero-order valence-electron chi connectivity index (χ0n) is 24.8. The lowest BCUT2D eigenvalue weighted by molar-refractivity contribution is 0.0921. The first-order valence-electron chi connectivity index (χ1n) is 14.7. The van der Waals surface area contributed by atoms with E-state index in [1.807, 2.05) is 0 Å². The van der Waals surface area contributed by atoms with Gasteiger partial charge < -0.3 is 24.5 Å². The van der Waals surface area contributed by atoms with Gasteiger partial charge in [0, 0.05) is 53.1 Å². The highest BCUT2D eigenvalue weighted by Crippen LogP contribution is 2.37. The van der Waals surface area contributed by atoms with Crippen LogP contribution in [0.25, 0.3) is 44.1 Å². The fourth-order valence-corrected chi connectivity index (χ4v) is 6.34. The first kappa shape index (κ1) is 30.4. The molecule has 0 unspecified atom stereocenters. The molecule has 0 radical (unpaired) electrons. The van der Waals surface area contributed by atoms with Gasteiger partial charge in [0.1, 0.15) is 17.1 Å². The molecule has 0 spiro atoms. The second-order valence-electron chi connectivity index (χ2n) is 11.1. The predicted octanol–water partition coefficient (Wildman–Crippen LogP) is 7.32. The summed E-state index contributed by atoms with van der Waals surface area (Å²) < 4.78 is 65.2. The molecule has 0 aliphatic carbocycles. The van der Waals surface area contributed by atoms with Gasteiger partial charge in [0.25, 0.3) is 11.8 Å². The SMILES string of the molecule is COc1ccc(-c2cc(F)c(F)c3cc4n(c23)CCNC4=O)cc1.O=C1NCCn2c1cc1c(F)c(F)cc(-c3ccc(Cl)cc3)c12. The van der Waals surface area contributed by atoms with E-state index in [-0.39, 0.29) is 22.6 Å². The highest BCUT2D eigenvalue weighted by atomic mass is 35.5. The summed E-state index contributed by atoms with van der Waals surface area (Å²) in [5, 5.41) is 6.21. The second-order valence-corrected chi connectivity index (χ2v) is 11.5. The number of halogens is 5. The summed E-state index contributed by atoms with van der Waals surface area (Å²) in [6.45, 7) is 1.93. The lowest BCUT2D eigenvalue weighted by Crippen LogP contribution is -2.34. The first-order valence-corrected chi connectivity index (χ1v) is 15.0. The molecule has 2 aliphatic heterocycles. The van der Waals surface area contributed by atoms with Crippen LogP contribution in [0.5, 0.6) is 5.75 Å². The molecule has 4 heterocycles. The van der Waals surface area contributed by atoms with E-state index in [0.717, 1.165) is 5.56 Å². The van der Waals surface area contributed by atoms with Crippen molar-refractivity contribution in [3.05, 3.63) is 112 Å². The Hall–Kier alpha value is -5.29. The van der Waals surface area contributed by atoms with Crippen LogP contribution in [-0.2, 0) is 13.1 Å². The summed E-state index contributed by atoms with van der Waals surface area (Å²) in [5.74, 6) is -3.63. The molecular weight excluding hydrogens is 636 g/mol. The maximum absolute atomic E-state index is 14.3. The average Bonchev–Trinajstić information content (AvgIpc) is 3.67. The van der Waals surface area contributed by atoms with E-state index < -0.39 is 23.3 Å². The number of nitrogens with one attached hydrogen (secondary N) is 2. The Bertz CT molecular complexity index is 2230. The van der Waals surface area contributed by atoms with Gasteiger partial charge in [-0.15, -0.1) is 0 Å². The minimum atomic E-state index is -0.939. The van der Waals surface area contributed by atoms with Crippen LogP contribution in [0.4, 0.5) is 17.6 Å². The number of hydrogen-bond acceptors (Lipinski definition) is 3. The number of nitrogens with zero attached hydrogens (tertiary/aromatic N) is 2. The minimum Gasteiger partial charge on any atom is -0.497 e. The van der Waals surface area contributed by atoms with Crippen molar-refractivity contribution in [3.8, 4) is 28.0 Å². The van der Waals surface area contributed by atoms with Crippen LogP contribution in [0.3, 0.4) is 0 Å². The Balaban J connectivity index is 0.000000150. The summed E-state index contributed by atoms with van der Waals surface area (Å²) in [5.41, 5.74) is 4.27. The van der Waals surface area contributed by atoms with Crippen molar-refractivity contribution in [1.29, 1.82) is 0 Å². The fourth-order valence-electron chi connectivity index (χ4n) is 6.21. The zero-order chi connectivity index (χ0) is 33.0. The smallest absolute Gasteiger partial charge is 0.268 e. The average molecular weight is 661 g/mol. The molecule has 0 saturated carbocycles. The Kier molecular flexibility index (Phi) is 7.63. The molecule has 238 valence electrons. The maximum atomic E-state index is 14.3. The number of amides is 2. The zero-order valence-corrected chi connectivity index (χ0v) is 25.5. The quantitative estimate of drug-likeness (QED) is 0.195. The van der Waals surface area contributed by atoms with E-state index in [9.17, 15) is 27.2 Å². The molecule has 2 aliphatic rings. The van der Waals surface area contributed by atoms with Gasteiger partial charge in [0.15, 0.2) is 23.3 Å². The first-order chi connectivity index (χ1) is 22.7. The number of rotatable bonds is 3. The Morgan fingerprint density at radius 2 is 1.09 bits per heavy atom. The molecule has 0 atom stereocenters. The summed E-state index contributed by atoms with van der Waals surface area (Å²) in [6.07, 6.45) is 0. The summed E-state index contributed by atoms with van der Waals surface area (Å²) in [7, 11) is 1.56. The lowest BCUT2D eigenvalue weighted by atomic mass is 10.0. The number of benzene rings is 4. The summed E-state index contributed by atoms with van der Waals surface area (Å²) in [4.78, 5) is 24.0. The van der Waals surface area contributed by atoms with Crippen molar-refractivity contribution in [3.63, 3.8) is 0 Å². The maximum Gasteiger partial charge on any atom is 0.268 e. The monoisotopic (exact) mass is 660 g/mol. The second kappa shape index (κ2) is 11.8. The largest absolute Gasteiger partial charge is 0.497 e. The highest BCUT2D eigenvalue weighted by molar-refractivity contribution is 6.30. The molecule has 8 rings (SSSR count). The van der Waals surface area contributed by atoms with E-state index in [2.05, 4.69) is 10.6 Å². The van der Waals surface area contributed by atoms with Crippen LogP contribution in [0.1, 0.15) is 21.0 Å². The number of fused-ring (bicyclic) bond motifs is 6. The lowest BCUT2D eigenvalue weighted by Gasteiger charge is -2.18. The van der Waals surface area contributed by atoms with Crippen LogP contribution >= 0.6 is 11.6 Å². The van der Waals surface area contributed by atoms with E-state index in [0.29, 0.717) is 76.1 Å². The predicted molar refractivity (Wildman–Crippen MR) is 171 cm³/mol. The standard InChI is InChI=1S/C18H14F2N2O2.C17H11ClF2N2O/c1-24-11-4-2-10(3-5-11)12-8-14(19)16(20)13-9-15-18(23)21-6-7-22(15)17(12)13;18-10-3-1-9(2-4-10)11-7-13(19)15(20)12-8-14-17(23)21-5-6-22(14)16(11)12/h2-5,8-9H,6-7H2,1H3,(H,21,23);1-4,7-8H,5-6H2,(H,21,23). The van der Waals surface area contributed by atoms with Gasteiger partial charge >= 0.3 is 0 Å². The van der Waals surface area contributed by atoms with Gasteiger partial charge in [-0.1, -0.05) is 35.9 Å². The van der Waals surface area contributed by atoms with Gasteiger partial charge in [-0.2, -0.15) is 0 Å². The Labute approximate surface area is 270 Å². The molecule has 2 amide bonds. The fraction of sp³-hybridized carbons (Fsp3) is 0.143. The van der Waals surface area contributed by atoms with Gasteiger partial charge in [0.05, 0.1) is 18.1 Å². The third-order valence-electron chi connectivity index (χ3n) is 8.40. The number of aromatic nitrogens is 2. The van der Waals surface area contributed by atoms with Gasteiger partial charge in [-0.3, -0.25) is 9.59 Å². The number of carbonyl (C=O) groups is 2. The van der Waals surface area contributed by atoms with E-state index in [1.165, 1.54) is 24.3 Å². The molecular formula is C35H25ClF4N4O3. The van der Waals surface area contributed by atoms with Gasteiger partial charge in [-0.25, -0.2) is 17.6 Å². The molecule has 47 heavy (non-hydrogen) atoms. The van der Waals surface area contributed by atoms with Crippen molar-refractivity contribution < 1.29 is 31.9 Å². The molecule has 2 aromatic heterocycles. The minimum absolute atomic E-state index is 0.113. The van der Waals surface area contributed by atoms with Crippen molar-refractivity contribution in [2.24, 2.45) is 0 Å². The molecule has 6 aromatic rings. The van der Waals surface area contributed by atoms with E-state index in [1.54, 1.807) is 64.8 Å². The van der Waals surface area contributed by atoms with Crippen molar-refractivity contribution in [2.45, 2.75) is 13.1 Å². The molecule has 0 fully saturated rings. The topological polar surface area (TPSA) is 77.3 Å². The number of hydrogen-bond donors (Lipinski definition) is 2. The van der Waals surface area contributed by atoms with Crippen molar-refractivity contribution in [1.82, 2.24) is 19.8 Å². The van der Waals surface area contributed by atoms with Crippen LogP contribution < -0.4 is 15.4 Å². The van der Waals surface area contributed by atoms with Crippen LogP contribution in [0.15, 0.2) is 72.8 Å². The normalized spacial score (nSPS) is 13.8. The highest BCUT2D eigenvalue weighted by Gasteiger charge is 2.26. The molecule has 4 aromatic carbocycles. The summed E-state index contributed by atoms with van der Waals surface area (Å²) in [6, 6.07) is 19.1. The third kappa shape index (κ3) is 5.16. The Morgan fingerprint density at radius 3 is 1.51 bits per heavy atom. The van der Waals surface area contributed by atoms with Crippen molar-refractivity contribution >= 4 is 45.2 Å². The number of carbonyl (C=O) groups excluding carboxylic acids is 2. The molecule has 0 saturated heterocycles. The van der Waals surface area contributed by atoms with Gasteiger partial charge in [0.2, 0.25) is 0 Å². The summed E-state index contributed by atoms with van der Waals surface area (Å²) >= 11 is 5.90. The molecule has 0 bridgehead atoms.